The number of carbonyl (C=O) groups is 1. The van der Waals surface area contributed by atoms with Gasteiger partial charge in [-0.2, -0.15) is 0 Å². The summed E-state index contributed by atoms with van der Waals surface area (Å²) in [5.41, 5.74) is 0.285. The summed E-state index contributed by atoms with van der Waals surface area (Å²) in [7, 11) is 0. The molecule has 0 unspecified atom stereocenters. The number of H-pyrrole nitrogens is 1. The monoisotopic (exact) mass is 343 g/mol. The second kappa shape index (κ2) is 6.13. The zero-order chi connectivity index (χ0) is 17.3. The molecule has 0 spiro atoms. The summed E-state index contributed by atoms with van der Waals surface area (Å²) < 4.78 is 0. The molecule has 1 heterocycles. The van der Waals surface area contributed by atoms with E-state index in [0.29, 0.717) is 21.6 Å². The number of non-ortho nitro benzene ring substituents is 1. The van der Waals surface area contributed by atoms with Gasteiger partial charge in [0.05, 0.1) is 4.92 Å². The van der Waals surface area contributed by atoms with Crippen LogP contribution >= 0.6 is 11.6 Å². The van der Waals surface area contributed by atoms with Crippen LogP contribution in [0.3, 0.4) is 0 Å². The Kier molecular flexibility index (Phi) is 4.01. The minimum Gasteiger partial charge on any atom is -0.360 e. The van der Waals surface area contributed by atoms with E-state index in [1.807, 2.05) is 0 Å². The molecular formula is C16H10ClN3O4. The normalized spacial score (nSPS) is 10.5. The number of pyridine rings is 1. The van der Waals surface area contributed by atoms with Crippen molar-refractivity contribution in [2.75, 3.05) is 5.32 Å². The van der Waals surface area contributed by atoms with E-state index in [9.17, 15) is 19.7 Å². The number of hydrogen-bond donors (Lipinski definition) is 2. The maximum absolute atomic E-state index is 12.4. The highest BCUT2D eigenvalue weighted by atomic mass is 35.5. The number of nitrogens with zero attached hydrogens (tertiary/aromatic N) is 1. The fraction of sp³-hybridized carbons (Fsp3) is 0. The highest BCUT2D eigenvalue weighted by Crippen LogP contribution is 2.17. The van der Waals surface area contributed by atoms with Gasteiger partial charge < -0.3 is 10.3 Å². The van der Waals surface area contributed by atoms with Gasteiger partial charge in [0.25, 0.3) is 11.6 Å². The molecule has 0 radical (unpaired) electrons. The molecule has 0 aliphatic heterocycles. The van der Waals surface area contributed by atoms with Crippen molar-refractivity contribution in [3.05, 3.63) is 79.6 Å². The molecule has 0 fully saturated rings. The molecule has 1 amide bonds. The lowest BCUT2D eigenvalue weighted by atomic mass is 10.1. The van der Waals surface area contributed by atoms with Gasteiger partial charge in [-0.05, 0) is 30.3 Å². The maximum Gasteiger partial charge on any atom is 0.269 e. The number of nitro groups is 1. The van der Waals surface area contributed by atoms with Crippen LogP contribution in [0.1, 0.15) is 10.4 Å². The van der Waals surface area contributed by atoms with Crippen LogP contribution in [-0.2, 0) is 0 Å². The van der Waals surface area contributed by atoms with E-state index in [-0.39, 0.29) is 11.3 Å². The van der Waals surface area contributed by atoms with Crippen LogP contribution in [0.5, 0.6) is 0 Å². The van der Waals surface area contributed by atoms with Crippen LogP contribution in [0.4, 0.5) is 11.4 Å². The van der Waals surface area contributed by atoms with Gasteiger partial charge in [-0.25, -0.2) is 0 Å². The van der Waals surface area contributed by atoms with E-state index in [4.69, 9.17) is 11.6 Å². The number of fused-ring (bicyclic) bond motifs is 1. The van der Waals surface area contributed by atoms with Crippen LogP contribution < -0.4 is 10.7 Å². The highest BCUT2D eigenvalue weighted by molar-refractivity contribution is 6.31. The number of nitro benzene ring substituents is 1. The van der Waals surface area contributed by atoms with E-state index in [0.717, 1.165) is 0 Å². The minimum atomic E-state index is -0.619. The van der Waals surface area contributed by atoms with E-state index >= 15 is 0 Å². The summed E-state index contributed by atoms with van der Waals surface area (Å²) in [6.45, 7) is 0. The van der Waals surface area contributed by atoms with Gasteiger partial charge in [0.2, 0.25) is 5.43 Å². The summed E-state index contributed by atoms with van der Waals surface area (Å²) in [6, 6.07) is 10.1. The van der Waals surface area contributed by atoms with Gasteiger partial charge >= 0.3 is 0 Å². The molecule has 7 nitrogen and oxygen atoms in total. The molecule has 3 rings (SSSR count). The third-order valence-corrected chi connectivity index (χ3v) is 3.66. The maximum atomic E-state index is 12.4. The number of halogens is 1. The molecule has 8 heteroatoms. The van der Waals surface area contributed by atoms with Crippen LogP contribution in [0.15, 0.2) is 53.5 Å². The number of amides is 1. The molecule has 24 heavy (non-hydrogen) atoms. The molecule has 0 bridgehead atoms. The van der Waals surface area contributed by atoms with Gasteiger partial charge in [0.15, 0.2) is 0 Å². The molecule has 120 valence electrons. The summed E-state index contributed by atoms with van der Waals surface area (Å²) >= 11 is 5.88. The third-order valence-electron chi connectivity index (χ3n) is 3.42. The van der Waals surface area contributed by atoms with Crippen LogP contribution in [0, 0.1) is 10.1 Å². The predicted molar refractivity (Wildman–Crippen MR) is 90.6 cm³/mol. The van der Waals surface area contributed by atoms with Gasteiger partial charge in [-0.1, -0.05) is 11.6 Å². The van der Waals surface area contributed by atoms with Gasteiger partial charge in [-0.15, -0.1) is 0 Å². The Morgan fingerprint density at radius 3 is 2.54 bits per heavy atom. The number of aromatic amines is 1. The van der Waals surface area contributed by atoms with E-state index in [1.165, 1.54) is 36.5 Å². The SMILES string of the molecule is O=C(Nc1ccc([N+](=O)[O-])cc1)c1c[nH]c2ccc(Cl)cc2c1=O. The summed E-state index contributed by atoms with van der Waals surface area (Å²) in [4.78, 5) is 37.7. The smallest absolute Gasteiger partial charge is 0.269 e. The van der Waals surface area contributed by atoms with Gasteiger partial charge in [-0.3, -0.25) is 19.7 Å². The van der Waals surface area contributed by atoms with Crippen LogP contribution in [-0.4, -0.2) is 15.8 Å². The lowest BCUT2D eigenvalue weighted by molar-refractivity contribution is -0.384. The van der Waals surface area contributed by atoms with Crippen molar-refractivity contribution in [1.29, 1.82) is 0 Å². The number of aromatic nitrogens is 1. The standard InChI is InChI=1S/C16H10ClN3O4/c17-9-1-6-14-12(7-9)15(21)13(8-18-14)16(22)19-10-2-4-11(5-3-10)20(23)24/h1-8H,(H,18,21)(H,19,22). The molecule has 3 aromatic rings. The molecule has 0 aliphatic carbocycles. The van der Waals surface area contributed by atoms with Crippen molar-refractivity contribution >= 4 is 39.8 Å². The average Bonchev–Trinajstić information content (AvgIpc) is 2.56. The van der Waals surface area contributed by atoms with Crippen molar-refractivity contribution in [3.8, 4) is 0 Å². The zero-order valence-electron chi connectivity index (χ0n) is 12.1. The Bertz CT molecular complexity index is 1010. The Morgan fingerprint density at radius 1 is 1.17 bits per heavy atom. The molecule has 0 aliphatic rings. The second-order valence-electron chi connectivity index (χ2n) is 4.98. The first-order chi connectivity index (χ1) is 11.5. The average molecular weight is 344 g/mol. The van der Waals surface area contributed by atoms with Crippen LogP contribution in [0.2, 0.25) is 5.02 Å². The Balaban J connectivity index is 1.92. The summed E-state index contributed by atoms with van der Waals surface area (Å²) in [6.07, 6.45) is 1.32. The molecule has 2 N–H and O–H groups in total. The van der Waals surface area contributed by atoms with Crippen molar-refractivity contribution in [2.24, 2.45) is 0 Å². The quantitative estimate of drug-likeness (QED) is 0.562. The third kappa shape index (κ3) is 2.97. The second-order valence-corrected chi connectivity index (χ2v) is 5.42. The van der Waals surface area contributed by atoms with Crippen molar-refractivity contribution in [1.82, 2.24) is 4.98 Å². The first-order valence-electron chi connectivity index (χ1n) is 6.82. The molecule has 0 atom stereocenters. The predicted octanol–water partition coefficient (Wildman–Crippen LogP) is 3.34. The van der Waals surface area contributed by atoms with Crippen molar-refractivity contribution < 1.29 is 9.72 Å². The van der Waals surface area contributed by atoms with E-state index < -0.39 is 16.3 Å². The molecule has 2 aromatic carbocycles. The Hall–Kier alpha value is -3.19. The number of nitrogens with one attached hydrogen (secondary N) is 2. The van der Waals surface area contributed by atoms with Crippen LogP contribution in [0.25, 0.3) is 10.9 Å². The lowest BCUT2D eigenvalue weighted by Crippen LogP contribution is -2.21. The topological polar surface area (TPSA) is 105 Å². The summed E-state index contributed by atoms with van der Waals surface area (Å²) in [5.74, 6) is -0.619. The highest BCUT2D eigenvalue weighted by Gasteiger charge is 2.14. The Morgan fingerprint density at radius 2 is 1.88 bits per heavy atom. The Labute approximate surface area is 140 Å². The van der Waals surface area contributed by atoms with E-state index in [1.54, 1.807) is 12.1 Å². The molecular weight excluding hydrogens is 334 g/mol. The van der Waals surface area contributed by atoms with Gasteiger partial charge in [0.1, 0.15) is 5.56 Å². The lowest BCUT2D eigenvalue weighted by Gasteiger charge is -2.06. The largest absolute Gasteiger partial charge is 0.360 e. The number of hydrogen-bond acceptors (Lipinski definition) is 4. The first-order valence-corrected chi connectivity index (χ1v) is 7.20. The summed E-state index contributed by atoms with van der Waals surface area (Å²) in [5, 5.41) is 13.8. The van der Waals surface area contributed by atoms with E-state index in [2.05, 4.69) is 10.3 Å². The minimum absolute atomic E-state index is 0.0804. The molecule has 1 aromatic heterocycles. The fourth-order valence-electron chi connectivity index (χ4n) is 2.22. The van der Waals surface area contributed by atoms with Crippen molar-refractivity contribution in [2.45, 2.75) is 0 Å². The number of benzene rings is 2. The zero-order valence-corrected chi connectivity index (χ0v) is 12.8. The van der Waals surface area contributed by atoms with Gasteiger partial charge in [0, 0.05) is 39.9 Å². The first kappa shape index (κ1) is 15.7. The number of anilines is 1. The van der Waals surface area contributed by atoms with Crippen molar-refractivity contribution in [3.63, 3.8) is 0 Å². The molecule has 0 saturated heterocycles. The number of rotatable bonds is 3. The fourth-order valence-corrected chi connectivity index (χ4v) is 2.40. The number of carbonyl (C=O) groups excluding carboxylic acids is 1. The molecule has 0 saturated carbocycles.